The minimum absolute atomic E-state index is 0.899. The minimum atomic E-state index is 0.899. The maximum atomic E-state index is 6.59. The van der Waals surface area contributed by atoms with Crippen molar-refractivity contribution in [2.24, 2.45) is 0 Å². The smallest absolute Gasteiger partial charge is 0.135 e. The average molecular weight is 621 g/mol. The fourth-order valence-corrected chi connectivity index (χ4v) is 8.42. The van der Waals surface area contributed by atoms with E-state index in [1.54, 1.807) is 0 Å². The monoisotopic (exact) mass is 620 g/mol. The highest BCUT2D eigenvalue weighted by molar-refractivity contribution is 6.26. The number of ether oxygens (including phenoxy) is 1. The summed E-state index contributed by atoms with van der Waals surface area (Å²) in [5, 5.41) is 12.7. The predicted molar refractivity (Wildman–Crippen MR) is 207 cm³/mol. The molecule has 11 rings (SSSR count). The molecule has 0 aliphatic carbocycles. The first kappa shape index (κ1) is 26.6. The third-order valence-electron chi connectivity index (χ3n) is 10.6. The van der Waals surface area contributed by atoms with Crippen molar-refractivity contribution in [2.75, 3.05) is 0 Å². The summed E-state index contributed by atoms with van der Waals surface area (Å²) in [7, 11) is 0. The van der Waals surface area contributed by atoms with E-state index in [2.05, 4.69) is 170 Å². The molecule has 0 unspecified atom stereocenters. The molecule has 0 spiro atoms. The van der Waals surface area contributed by atoms with Gasteiger partial charge in [-0.1, -0.05) is 152 Å². The Morgan fingerprint density at radius 2 is 0.816 bits per heavy atom. The Balaban J connectivity index is 1.12. The van der Waals surface area contributed by atoms with Crippen LogP contribution in [0.4, 0.5) is 0 Å². The zero-order valence-corrected chi connectivity index (χ0v) is 26.6. The summed E-state index contributed by atoms with van der Waals surface area (Å²) in [5.41, 5.74) is 9.69. The van der Waals surface area contributed by atoms with E-state index in [0.717, 1.165) is 22.4 Å². The molecule has 0 N–H and O–H groups in total. The zero-order valence-electron chi connectivity index (χ0n) is 26.6. The second kappa shape index (κ2) is 10.0. The van der Waals surface area contributed by atoms with Crippen LogP contribution in [0.15, 0.2) is 170 Å². The van der Waals surface area contributed by atoms with Gasteiger partial charge in [-0.25, -0.2) is 0 Å². The summed E-state index contributed by atoms with van der Waals surface area (Å²) in [6.45, 7) is 0. The molecule has 0 radical (unpaired) electrons. The van der Waals surface area contributed by atoms with Crippen LogP contribution < -0.4 is 4.74 Å². The molecule has 1 heterocycles. The number of hydrogen-bond donors (Lipinski definition) is 0. The van der Waals surface area contributed by atoms with E-state index >= 15 is 0 Å². The lowest BCUT2D eigenvalue weighted by Gasteiger charge is -2.24. The van der Waals surface area contributed by atoms with Crippen LogP contribution in [0.1, 0.15) is 0 Å². The Morgan fingerprint density at radius 1 is 0.265 bits per heavy atom. The van der Waals surface area contributed by atoms with Gasteiger partial charge in [-0.15, -0.1) is 0 Å². The predicted octanol–water partition coefficient (Wildman–Crippen LogP) is 13.7. The van der Waals surface area contributed by atoms with Crippen molar-refractivity contribution >= 4 is 53.9 Å². The lowest BCUT2D eigenvalue weighted by molar-refractivity contribution is 0.487. The fraction of sp³-hybridized carbons (Fsp3) is 0. The van der Waals surface area contributed by atoms with Gasteiger partial charge < -0.3 is 4.74 Å². The van der Waals surface area contributed by atoms with E-state index in [0.29, 0.717) is 0 Å². The summed E-state index contributed by atoms with van der Waals surface area (Å²) in [6.07, 6.45) is 0. The molecule has 0 aromatic heterocycles. The molecule has 0 saturated heterocycles. The molecule has 0 amide bonds. The van der Waals surface area contributed by atoms with Crippen LogP contribution in [-0.4, -0.2) is 0 Å². The molecule has 1 heteroatoms. The Kier molecular flexibility index (Phi) is 5.45. The SMILES string of the molecule is c1ccc(-c2ccc3c(c2)-c2cccc4c(-c5ccc(-c6ccc7ccc8cccc9ccc6c7c89)c6ccccc56)ccc(c24)O3)cc1. The maximum absolute atomic E-state index is 6.59. The molecule has 226 valence electrons. The topological polar surface area (TPSA) is 9.23 Å². The highest BCUT2D eigenvalue weighted by Crippen LogP contribution is 2.51. The number of hydrogen-bond acceptors (Lipinski definition) is 1. The van der Waals surface area contributed by atoms with Crippen LogP contribution in [0.5, 0.6) is 11.5 Å². The van der Waals surface area contributed by atoms with Gasteiger partial charge in [0.1, 0.15) is 11.5 Å². The van der Waals surface area contributed by atoms with Crippen LogP contribution in [0.25, 0.3) is 98.4 Å². The largest absolute Gasteiger partial charge is 0.456 e. The normalized spacial score (nSPS) is 12.2. The van der Waals surface area contributed by atoms with Crippen molar-refractivity contribution in [2.45, 2.75) is 0 Å². The molecule has 1 aliphatic heterocycles. The van der Waals surface area contributed by atoms with E-state index in [9.17, 15) is 0 Å². The van der Waals surface area contributed by atoms with Crippen molar-refractivity contribution in [3.05, 3.63) is 170 Å². The second-order valence-electron chi connectivity index (χ2n) is 13.2. The quantitative estimate of drug-likeness (QED) is 0.179. The molecule has 0 bridgehead atoms. The lowest BCUT2D eigenvalue weighted by Crippen LogP contribution is -1.98. The molecule has 49 heavy (non-hydrogen) atoms. The highest BCUT2D eigenvalue weighted by atomic mass is 16.5. The van der Waals surface area contributed by atoms with Crippen molar-refractivity contribution in [1.82, 2.24) is 0 Å². The van der Waals surface area contributed by atoms with Crippen LogP contribution in [0.2, 0.25) is 0 Å². The summed E-state index contributed by atoms with van der Waals surface area (Å²) in [5.74, 6) is 1.81. The van der Waals surface area contributed by atoms with Crippen LogP contribution >= 0.6 is 0 Å². The van der Waals surface area contributed by atoms with Crippen LogP contribution in [-0.2, 0) is 0 Å². The molecule has 1 aliphatic rings. The van der Waals surface area contributed by atoms with Crippen molar-refractivity contribution in [3.63, 3.8) is 0 Å². The standard InChI is InChI=1S/C48H28O/c1-2-8-29(9-3-1)33-20-26-44-43(28-33)41-15-7-14-40-39(25-27-45(49-44)48(40)41)37-24-23-36(34-12-4-5-13-35(34)37)38-21-18-32-17-16-30-10-6-11-31-19-22-42(38)47(32)46(30)31/h1-28H. The Morgan fingerprint density at radius 3 is 1.59 bits per heavy atom. The summed E-state index contributed by atoms with van der Waals surface area (Å²) in [6, 6.07) is 62.0. The van der Waals surface area contributed by atoms with E-state index in [1.165, 1.54) is 87.4 Å². The average Bonchev–Trinajstić information content (AvgIpc) is 3.17. The molecule has 0 atom stereocenters. The van der Waals surface area contributed by atoms with Gasteiger partial charge in [-0.2, -0.15) is 0 Å². The van der Waals surface area contributed by atoms with E-state index < -0.39 is 0 Å². The minimum Gasteiger partial charge on any atom is -0.456 e. The summed E-state index contributed by atoms with van der Waals surface area (Å²) >= 11 is 0. The van der Waals surface area contributed by atoms with E-state index in [-0.39, 0.29) is 0 Å². The first-order valence-corrected chi connectivity index (χ1v) is 16.9. The van der Waals surface area contributed by atoms with Gasteiger partial charge in [-0.3, -0.25) is 0 Å². The Hall–Kier alpha value is -6.44. The number of fused-ring (bicyclic) bond motifs is 3. The van der Waals surface area contributed by atoms with Gasteiger partial charge in [-0.05, 0) is 106 Å². The second-order valence-corrected chi connectivity index (χ2v) is 13.2. The molecule has 10 aromatic carbocycles. The third kappa shape index (κ3) is 3.82. The van der Waals surface area contributed by atoms with Gasteiger partial charge in [0.25, 0.3) is 0 Å². The van der Waals surface area contributed by atoms with Gasteiger partial charge in [0, 0.05) is 10.9 Å². The first-order valence-electron chi connectivity index (χ1n) is 16.9. The first-order chi connectivity index (χ1) is 24.3. The Labute approximate surface area is 283 Å². The number of benzene rings is 10. The fourth-order valence-electron chi connectivity index (χ4n) is 8.42. The van der Waals surface area contributed by atoms with Crippen molar-refractivity contribution in [1.29, 1.82) is 0 Å². The molecular weight excluding hydrogens is 593 g/mol. The van der Waals surface area contributed by atoms with E-state index in [1.807, 2.05) is 0 Å². The zero-order chi connectivity index (χ0) is 32.1. The third-order valence-corrected chi connectivity index (χ3v) is 10.6. The molecule has 10 aromatic rings. The summed E-state index contributed by atoms with van der Waals surface area (Å²) < 4.78 is 6.59. The molecule has 0 fully saturated rings. The van der Waals surface area contributed by atoms with Gasteiger partial charge >= 0.3 is 0 Å². The van der Waals surface area contributed by atoms with Gasteiger partial charge in [0.05, 0.1) is 0 Å². The van der Waals surface area contributed by atoms with E-state index in [4.69, 9.17) is 4.74 Å². The maximum Gasteiger partial charge on any atom is 0.135 e. The van der Waals surface area contributed by atoms with Crippen molar-refractivity contribution < 1.29 is 4.74 Å². The van der Waals surface area contributed by atoms with Crippen molar-refractivity contribution in [3.8, 4) is 56.0 Å². The lowest BCUT2D eigenvalue weighted by atomic mass is 9.85. The van der Waals surface area contributed by atoms with Crippen LogP contribution in [0, 0.1) is 0 Å². The van der Waals surface area contributed by atoms with Gasteiger partial charge in [0.15, 0.2) is 0 Å². The Bertz CT molecular complexity index is 2940. The highest BCUT2D eigenvalue weighted by Gasteiger charge is 2.23. The molecule has 1 nitrogen and oxygen atoms in total. The molecular formula is C48H28O. The molecule has 0 saturated carbocycles. The summed E-state index contributed by atoms with van der Waals surface area (Å²) in [4.78, 5) is 0. The van der Waals surface area contributed by atoms with Crippen LogP contribution in [0.3, 0.4) is 0 Å². The van der Waals surface area contributed by atoms with Gasteiger partial charge in [0.2, 0.25) is 0 Å². The number of rotatable bonds is 3.